The summed E-state index contributed by atoms with van der Waals surface area (Å²) in [7, 11) is -3.54. The van der Waals surface area contributed by atoms with Gasteiger partial charge in [0.05, 0.1) is 6.26 Å². The van der Waals surface area contributed by atoms with Crippen molar-refractivity contribution in [1.82, 2.24) is 4.90 Å². The quantitative estimate of drug-likeness (QED) is 0.683. The number of nitrogens with zero attached hydrogens (tertiary/aromatic N) is 1. The highest BCUT2D eigenvalue weighted by molar-refractivity contribution is 7.85. The van der Waals surface area contributed by atoms with Gasteiger partial charge in [-0.15, -0.1) is 0 Å². The van der Waals surface area contributed by atoms with Crippen LogP contribution in [0.5, 0.6) is 0 Å². The van der Waals surface area contributed by atoms with E-state index in [1.165, 1.54) is 0 Å². The van der Waals surface area contributed by atoms with E-state index in [2.05, 4.69) is 4.18 Å². The molecular formula is C9H18FNO3S. The predicted octanol–water partition coefficient (Wildman–Crippen LogP) is 0.785. The Kier molecular flexibility index (Phi) is 3.15. The van der Waals surface area contributed by atoms with E-state index in [1.54, 1.807) is 0 Å². The summed E-state index contributed by atoms with van der Waals surface area (Å²) >= 11 is 0. The summed E-state index contributed by atoms with van der Waals surface area (Å²) in [5, 5.41) is 0. The summed E-state index contributed by atoms with van der Waals surface area (Å²) in [4.78, 5) is 1.94. The molecule has 0 amide bonds. The maximum absolute atomic E-state index is 13.8. The van der Waals surface area contributed by atoms with Crippen LogP contribution in [0, 0.1) is 0 Å². The summed E-state index contributed by atoms with van der Waals surface area (Å²) in [5.74, 6) is 0. The predicted molar refractivity (Wildman–Crippen MR) is 56.0 cm³/mol. The van der Waals surface area contributed by atoms with Gasteiger partial charge in [0, 0.05) is 18.6 Å². The molecule has 4 nitrogen and oxygen atoms in total. The molecule has 0 aromatic heterocycles. The summed E-state index contributed by atoms with van der Waals surface area (Å²) in [6.45, 7) is 6.05. The van der Waals surface area contributed by atoms with E-state index in [9.17, 15) is 12.8 Å². The van der Waals surface area contributed by atoms with Crippen molar-refractivity contribution in [2.75, 3.05) is 26.0 Å². The molecule has 0 bridgehead atoms. The molecule has 0 radical (unpaired) electrons. The Morgan fingerprint density at radius 1 is 1.40 bits per heavy atom. The molecule has 0 saturated carbocycles. The van der Waals surface area contributed by atoms with Gasteiger partial charge in [-0.25, -0.2) is 4.39 Å². The molecule has 1 aliphatic rings. The average Bonchev–Trinajstić information content (AvgIpc) is 1.92. The fourth-order valence-electron chi connectivity index (χ4n) is 1.42. The maximum Gasteiger partial charge on any atom is 0.264 e. The second-order valence-electron chi connectivity index (χ2n) is 5.14. The molecule has 0 unspecified atom stereocenters. The first-order chi connectivity index (χ1) is 6.52. The molecule has 0 atom stereocenters. The number of hydrogen-bond acceptors (Lipinski definition) is 4. The molecule has 90 valence electrons. The second-order valence-corrected chi connectivity index (χ2v) is 6.79. The fraction of sp³-hybridized carbons (Fsp3) is 1.00. The zero-order chi connectivity index (χ0) is 11.9. The van der Waals surface area contributed by atoms with Crippen LogP contribution < -0.4 is 0 Å². The summed E-state index contributed by atoms with van der Waals surface area (Å²) < 4.78 is 39.6. The Hall–Kier alpha value is -0.200. The highest BCUT2D eigenvalue weighted by atomic mass is 32.2. The third-order valence-corrected chi connectivity index (χ3v) is 2.97. The third kappa shape index (κ3) is 3.70. The molecule has 6 heteroatoms. The van der Waals surface area contributed by atoms with E-state index in [-0.39, 0.29) is 25.2 Å². The van der Waals surface area contributed by atoms with Crippen LogP contribution in [0.4, 0.5) is 4.39 Å². The van der Waals surface area contributed by atoms with Gasteiger partial charge in [-0.2, -0.15) is 8.42 Å². The van der Waals surface area contributed by atoms with Gasteiger partial charge < -0.3 is 0 Å². The lowest BCUT2D eigenvalue weighted by Crippen LogP contribution is -2.66. The number of hydrogen-bond donors (Lipinski definition) is 0. The van der Waals surface area contributed by atoms with Crippen molar-refractivity contribution in [2.24, 2.45) is 0 Å². The molecule has 1 fully saturated rings. The van der Waals surface area contributed by atoms with Gasteiger partial charge in [0.1, 0.15) is 6.61 Å². The first-order valence-electron chi connectivity index (χ1n) is 4.80. The van der Waals surface area contributed by atoms with Crippen LogP contribution in [0.1, 0.15) is 20.8 Å². The fourth-order valence-corrected chi connectivity index (χ4v) is 1.84. The summed E-state index contributed by atoms with van der Waals surface area (Å²) in [5.41, 5.74) is -1.60. The molecule has 1 rings (SSSR count). The minimum atomic E-state index is -3.54. The first-order valence-corrected chi connectivity index (χ1v) is 6.62. The molecule has 15 heavy (non-hydrogen) atoms. The zero-order valence-electron chi connectivity index (χ0n) is 9.58. The molecule has 1 saturated heterocycles. The van der Waals surface area contributed by atoms with Gasteiger partial charge in [0.25, 0.3) is 10.1 Å². The van der Waals surface area contributed by atoms with Crippen LogP contribution in [0.25, 0.3) is 0 Å². The van der Waals surface area contributed by atoms with Gasteiger partial charge in [0.2, 0.25) is 0 Å². The molecule has 0 N–H and O–H groups in total. The van der Waals surface area contributed by atoms with Crippen LogP contribution in [-0.2, 0) is 14.3 Å². The van der Waals surface area contributed by atoms with Gasteiger partial charge >= 0.3 is 0 Å². The maximum atomic E-state index is 13.8. The van der Waals surface area contributed by atoms with E-state index >= 15 is 0 Å². The molecule has 0 aromatic carbocycles. The van der Waals surface area contributed by atoms with Gasteiger partial charge in [-0.1, -0.05) is 0 Å². The Bertz CT molecular complexity index is 328. The van der Waals surface area contributed by atoms with Gasteiger partial charge in [-0.05, 0) is 20.8 Å². The lowest BCUT2D eigenvalue weighted by atomic mass is 9.91. The number of alkyl halides is 1. The average molecular weight is 239 g/mol. The number of halogens is 1. The van der Waals surface area contributed by atoms with Gasteiger partial charge in [0.15, 0.2) is 5.67 Å². The zero-order valence-corrected chi connectivity index (χ0v) is 10.4. The molecular weight excluding hydrogens is 221 g/mol. The summed E-state index contributed by atoms with van der Waals surface area (Å²) in [6.07, 6.45) is 0.927. The molecule has 0 aromatic rings. The standard InChI is InChI=1S/C9H18FNO3S/c1-8(2,3)11-5-9(10,6-11)7-14-15(4,12)13/h5-7H2,1-4H3. The Morgan fingerprint density at radius 3 is 2.20 bits per heavy atom. The van der Waals surface area contributed by atoms with Crippen LogP contribution in [0.15, 0.2) is 0 Å². The van der Waals surface area contributed by atoms with Crippen LogP contribution >= 0.6 is 0 Å². The first kappa shape index (κ1) is 12.9. The van der Waals surface area contributed by atoms with E-state index in [4.69, 9.17) is 0 Å². The monoisotopic (exact) mass is 239 g/mol. The number of likely N-dealkylation sites (tertiary alicyclic amines) is 1. The van der Waals surface area contributed by atoms with Crippen molar-refractivity contribution in [3.8, 4) is 0 Å². The van der Waals surface area contributed by atoms with Crippen LogP contribution in [0.3, 0.4) is 0 Å². The Labute approximate surface area is 90.5 Å². The van der Waals surface area contributed by atoms with Gasteiger partial charge in [-0.3, -0.25) is 9.08 Å². The Balaban J connectivity index is 2.42. The topological polar surface area (TPSA) is 46.6 Å². The highest BCUT2D eigenvalue weighted by Gasteiger charge is 2.48. The Morgan fingerprint density at radius 2 is 1.87 bits per heavy atom. The molecule has 0 spiro atoms. The minimum absolute atomic E-state index is 0.0827. The SMILES string of the molecule is CC(C)(C)N1CC(F)(COS(C)(=O)=O)C1. The van der Waals surface area contributed by atoms with E-state index in [1.807, 2.05) is 25.7 Å². The van der Waals surface area contributed by atoms with Crippen molar-refractivity contribution >= 4 is 10.1 Å². The van der Waals surface area contributed by atoms with E-state index < -0.39 is 15.8 Å². The van der Waals surface area contributed by atoms with Crippen molar-refractivity contribution in [2.45, 2.75) is 32.0 Å². The van der Waals surface area contributed by atoms with Crippen molar-refractivity contribution in [3.05, 3.63) is 0 Å². The normalized spacial score (nSPS) is 22.5. The second kappa shape index (κ2) is 3.68. The largest absolute Gasteiger partial charge is 0.292 e. The number of rotatable bonds is 3. The molecule has 0 aliphatic carbocycles. The molecule has 1 aliphatic heterocycles. The van der Waals surface area contributed by atoms with E-state index in [0.29, 0.717) is 0 Å². The van der Waals surface area contributed by atoms with Crippen molar-refractivity contribution in [1.29, 1.82) is 0 Å². The lowest BCUT2D eigenvalue weighted by Gasteiger charge is -2.50. The highest BCUT2D eigenvalue weighted by Crippen LogP contribution is 2.32. The van der Waals surface area contributed by atoms with Crippen LogP contribution in [-0.4, -0.2) is 50.5 Å². The summed E-state index contributed by atoms with van der Waals surface area (Å²) in [6, 6.07) is 0. The third-order valence-electron chi connectivity index (χ3n) is 2.43. The van der Waals surface area contributed by atoms with Crippen molar-refractivity contribution in [3.63, 3.8) is 0 Å². The minimum Gasteiger partial charge on any atom is -0.292 e. The smallest absolute Gasteiger partial charge is 0.264 e. The molecule has 1 heterocycles. The van der Waals surface area contributed by atoms with Crippen LogP contribution in [0.2, 0.25) is 0 Å². The van der Waals surface area contributed by atoms with E-state index in [0.717, 1.165) is 6.26 Å². The van der Waals surface area contributed by atoms with Crippen molar-refractivity contribution < 1.29 is 17.0 Å². The lowest BCUT2D eigenvalue weighted by molar-refractivity contribution is -0.0982.